The summed E-state index contributed by atoms with van der Waals surface area (Å²) < 4.78 is 0. The van der Waals surface area contributed by atoms with Gasteiger partial charge in [-0.3, -0.25) is 9.78 Å². The van der Waals surface area contributed by atoms with Crippen LogP contribution in [-0.2, 0) is 11.2 Å². The average molecular weight is 247 g/mol. The number of carbonyl (C=O) groups excluding carboxylic acids is 1. The summed E-state index contributed by atoms with van der Waals surface area (Å²) in [5.41, 5.74) is 1.88. The fraction of sp³-hybridized carbons (Fsp3) is 0.250. The maximum absolute atomic E-state index is 10.7. The third kappa shape index (κ3) is 3.35. The fourth-order valence-corrected chi connectivity index (χ4v) is 2.22. The lowest BCUT2D eigenvalue weighted by Crippen LogP contribution is -2.22. The van der Waals surface area contributed by atoms with E-state index in [1.165, 1.54) is 6.92 Å². The van der Waals surface area contributed by atoms with Crippen molar-refractivity contribution in [2.24, 2.45) is 0 Å². The van der Waals surface area contributed by atoms with Gasteiger partial charge in [0, 0.05) is 31.5 Å². The lowest BCUT2D eigenvalue weighted by Gasteiger charge is -1.98. The molecule has 0 aliphatic carbocycles. The van der Waals surface area contributed by atoms with Crippen molar-refractivity contribution in [3.05, 3.63) is 35.5 Å². The van der Waals surface area contributed by atoms with E-state index in [0.717, 1.165) is 22.8 Å². The van der Waals surface area contributed by atoms with Gasteiger partial charge in [-0.25, -0.2) is 4.98 Å². The summed E-state index contributed by atoms with van der Waals surface area (Å²) >= 11 is 1.58. The third-order valence-corrected chi connectivity index (χ3v) is 3.10. The minimum atomic E-state index is -0.00909. The van der Waals surface area contributed by atoms with Crippen LogP contribution in [0.4, 0.5) is 0 Å². The molecule has 0 spiro atoms. The molecule has 0 bridgehead atoms. The Morgan fingerprint density at radius 1 is 1.47 bits per heavy atom. The smallest absolute Gasteiger partial charge is 0.216 e. The molecule has 2 heterocycles. The van der Waals surface area contributed by atoms with Crippen molar-refractivity contribution in [1.82, 2.24) is 15.3 Å². The number of aromatic nitrogens is 2. The van der Waals surface area contributed by atoms with Crippen LogP contribution in [0.1, 0.15) is 12.6 Å². The van der Waals surface area contributed by atoms with Gasteiger partial charge in [0.05, 0.1) is 11.4 Å². The maximum Gasteiger partial charge on any atom is 0.216 e. The molecule has 0 radical (unpaired) electrons. The highest BCUT2D eigenvalue weighted by atomic mass is 32.1. The second-order valence-electron chi connectivity index (χ2n) is 3.59. The van der Waals surface area contributed by atoms with Crippen LogP contribution in [0.3, 0.4) is 0 Å². The zero-order chi connectivity index (χ0) is 12.1. The molecule has 0 saturated heterocycles. The standard InChI is InChI=1S/C12H13N3OS/c1-9(16)13-7-5-10-8-17-12(15-10)11-4-2-3-6-14-11/h2-4,6,8H,5,7H2,1H3,(H,13,16). The molecule has 0 aliphatic rings. The molecule has 17 heavy (non-hydrogen) atoms. The Labute approximate surface area is 104 Å². The normalized spacial score (nSPS) is 10.2. The number of hydrogen-bond acceptors (Lipinski definition) is 4. The molecule has 0 aliphatic heterocycles. The van der Waals surface area contributed by atoms with E-state index >= 15 is 0 Å². The molecule has 0 aromatic carbocycles. The van der Waals surface area contributed by atoms with Crippen molar-refractivity contribution in [1.29, 1.82) is 0 Å². The first kappa shape index (κ1) is 11.7. The van der Waals surface area contributed by atoms with Crippen molar-refractivity contribution in [3.8, 4) is 10.7 Å². The minimum absolute atomic E-state index is 0.00909. The molecule has 0 saturated carbocycles. The SMILES string of the molecule is CC(=O)NCCc1csc(-c2ccccn2)n1. The van der Waals surface area contributed by atoms with Crippen LogP contribution >= 0.6 is 11.3 Å². The third-order valence-electron chi connectivity index (χ3n) is 2.19. The molecule has 1 N–H and O–H groups in total. The Bertz CT molecular complexity index is 495. The lowest BCUT2D eigenvalue weighted by atomic mass is 10.3. The van der Waals surface area contributed by atoms with Crippen molar-refractivity contribution in [3.63, 3.8) is 0 Å². The summed E-state index contributed by atoms with van der Waals surface area (Å²) in [7, 11) is 0. The molecular weight excluding hydrogens is 234 g/mol. The van der Waals surface area contributed by atoms with Crippen LogP contribution in [0, 0.1) is 0 Å². The van der Waals surface area contributed by atoms with Crippen molar-refractivity contribution in [2.75, 3.05) is 6.54 Å². The molecule has 0 unspecified atom stereocenters. The number of hydrogen-bond donors (Lipinski definition) is 1. The highest BCUT2D eigenvalue weighted by Crippen LogP contribution is 2.21. The van der Waals surface area contributed by atoms with Gasteiger partial charge in [-0.15, -0.1) is 11.3 Å². The number of amides is 1. The lowest BCUT2D eigenvalue weighted by molar-refractivity contribution is -0.118. The Kier molecular flexibility index (Phi) is 3.82. The van der Waals surface area contributed by atoms with Gasteiger partial charge in [-0.05, 0) is 12.1 Å². The van der Waals surface area contributed by atoms with Crippen molar-refractivity contribution >= 4 is 17.2 Å². The second-order valence-corrected chi connectivity index (χ2v) is 4.45. The van der Waals surface area contributed by atoms with Gasteiger partial charge in [-0.2, -0.15) is 0 Å². The Morgan fingerprint density at radius 3 is 3.06 bits per heavy atom. The molecule has 5 heteroatoms. The van der Waals surface area contributed by atoms with Crippen LogP contribution in [-0.4, -0.2) is 22.4 Å². The molecule has 4 nitrogen and oxygen atoms in total. The number of nitrogens with zero attached hydrogens (tertiary/aromatic N) is 2. The molecule has 0 atom stereocenters. The predicted molar refractivity (Wildman–Crippen MR) is 67.7 cm³/mol. The molecule has 0 fully saturated rings. The topological polar surface area (TPSA) is 54.9 Å². The summed E-state index contributed by atoms with van der Waals surface area (Å²) in [6, 6.07) is 5.77. The average Bonchev–Trinajstić information content (AvgIpc) is 2.78. The van der Waals surface area contributed by atoms with Gasteiger partial charge in [0.25, 0.3) is 0 Å². The van der Waals surface area contributed by atoms with E-state index in [2.05, 4.69) is 15.3 Å². The Balaban J connectivity index is 1.99. The van der Waals surface area contributed by atoms with Crippen LogP contribution < -0.4 is 5.32 Å². The number of carbonyl (C=O) groups is 1. The van der Waals surface area contributed by atoms with Crippen LogP contribution in [0.15, 0.2) is 29.8 Å². The van der Waals surface area contributed by atoms with E-state index < -0.39 is 0 Å². The van der Waals surface area contributed by atoms with E-state index in [4.69, 9.17) is 0 Å². The van der Waals surface area contributed by atoms with Gasteiger partial charge in [-0.1, -0.05) is 6.07 Å². The highest BCUT2D eigenvalue weighted by Gasteiger charge is 2.05. The van der Waals surface area contributed by atoms with Crippen LogP contribution in [0.2, 0.25) is 0 Å². The predicted octanol–water partition coefficient (Wildman–Crippen LogP) is 1.88. The zero-order valence-corrected chi connectivity index (χ0v) is 10.3. The summed E-state index contributed by atoms with van der Waals surface area (Å²) in [5, 5.41) is 5.68. The molecule has 2 aromatic rings. The number of thiazole rings is 1. The summed E-state index contributed by atoms with van der Waals surface area (Å²) in [6.07, 6.45) is 2.51. The molecule has 88 valence electrons. The summed E-state index contributed by atoms with van der Waals surface area (Å²) in [4.78, 5) is 19.5. The van der Waals surface area contributed by atoms with Gasteiger partial charge in [0.2, 0.25) is 5.91 Å². The van der Waals surface area contributed by atoms with Gasteiger partial charge >= 0.3 is 0 Å². The highest BCUT2D eigenvalue weighted by molar-refractivity contribution is 7.13. The molecule has 1 amide bonds. The van der Waals surface area contributed by atoms with Crippen molar-refractivity contribution < 1.29 is 4.79 Å². The largest absolute Gasteiger partial charge is 0.356 e. The number of rotatable bonds is 4. The monoisotopic (exact) mass is 247 g/mol. The molecular formula is C12H13N3OS. The number of pyridine rings is 1. The van der Waals surface area contributed by atoms with E-state index in [-0.39, 0.29) is 5.91 Å². The van der Waals surface area contributed by atoms with E-state index in [0.29, 0.717) is 6.54 Å². The first-order chi connectivity index (χ1) is 8.25. The van der Waals surface area contributed by atoms with E-state index in [9.17, 15) is 4.79 Å². The fourth-order valence-electron chi connectivity index (χ4n) is 1.40. The van der Waals surface area contributed by atoms with E-state index in [1.807, 2.05) is 23.6 Å². The zero-order valence-electron chi connectivity index (χ0n) is 9.51. The molecule has 2 aromatic heterocycles. The van der Waals surface area contributed by atoms with Crippen LogP contribution in [0.25, 0.3) is 10.7 Å². The van der Waals surface area contributed by atoms with Gasteiger partial charge < -0.3 is 5.32 Å². The quantitative estimate of drug-likeness (QED) is 0.897. The number of nitrogens with one attached hydrogen (secondary N) is 1. The first-order valence-electron chi connectivity index (χ1n) is 5.36. The summed E-state index contributed by atoms with van der Waals surface area (Å²) in [5.74, 6) is -0.00909. The minimum Gasteiger partial charge on any atom is -0.356 e. The second kappa shape index (κ2) is 5.54. The van der Waals surface area contributed by atoms with Crippen molar-refractivity contribution in [2.45, 2.75) is 13.3 Å². The summed E-state index contributed by atoms with van der Waals surface area (Å²) in [6.45, 7) is 2.14. The maximum atomic E-state index is 10.7. The van der Waals surface area contributed by atoms with Gasteiger partial charge in [0.15, 0.2) is 0 Å². The van der Waals surface area contributed by atoms with Gasteiger partial charge in [0.1, 0.15) is 5.01 Å². The first-order valence-corrected chi connectivity index (χ1v) is 6.24. The molecule has 2 rings (SSSR count). The Hall–Kier alpha value is -1.75. The Morgan fingerprint density at radius 2 is 2.35 bits per heavy atom. The van der Waals surface area contributed by atoms with Crippen LogP contribution in [0.5, 0.6) is 0 Å². The van der Waals surface area contributed by atoms with E-state index in [1.54, 1.807) is 17.5 Å².